The number of nitrogens with zero attached hydrogens (tertiary/aromatic N) is 4. The number of morpholine rings is 1. The molecule has 140 valence electrons. The summed E-state index contributed by atoms with van der Waals surface area (Å²) in [5.41, 5.74) is 1.43. The quantitative estimate of drug-likeness (QED) is 0.821. The number of rotatable bonds is 6. The third-order valence-electron chi connectivity index (χ3n) is 4.03. The molecule has 0 aromatic carbocycles. The molecule has 9 heteroatoms. The Hall–Kier alpha value is -2.13. The average Bonchev–Trinajstić information content (AvgIpc) is 3.06. The highest BCUT2D eigenvalue weighted by atomic mass is 32.2. The fraction of sp³-hybridized carbons (Fsp3) is 0.529. The van der Waals surface area contributed by atoms with Crippen LogP contribution >= 0.6 is 11.8 Å². The van der Waals surface area contributed by atoms with Gasteiger partial charge in [-0.1, -0.05) is 0 Å². The van der Waals surface area contributed by atoms with E-state index in [1.54, 1.807) is 17.3 Å². The molecule has 0 spiro atoms. The number of ether oxygens (including phenoxy) is 1. The van der Waals surface area contributed by atoms with E-state index < -0.39 is 0 Å². The fourth-order valence-electron chi connectivity index (χ4n) is 2.72. The molecule has 0 atom stereocenters. The first-order valence-corrected chi connectivity index (χ1v) is 9.76. The number of carbonyl (C=O) groups excluding carboxylic acids is 2. The van der Waals surface area contributed by atoms with Gasteiger partial charge in [-0.3, -0.25) is 9.59 Å². The molecule has 26 heavy (non-hydrogen) atoms. The van der Waals surface area contributed by atoms with Crippen LogP contribution in [0.5, 0.6) is 0 Å². The summed E-state index contributed by atoms with van der Waals surface area (Å²) in [6.07, 6.45) is 3.37. The van der Waals surface area contributed by atoms with Crippen LogP contribution < -0.4 is 5.32 Å². The molecule has 2 amide bonds. The predicted octanol–water partition coefficient (Wildman–Crippen LogP) is 1.54. The molecule has 3 rings (SSSR count). The normalized spacial score (nSPS) is 14.8. The van der Waals surface area contributed by atoms with Crippen molar-refractivity contribution in [2.75, 3.05) is 43.1 Å². The SMILES string of the molecule is CC(C)n1ncc2cc(NC(=O)CSCC(=O)N3CCOCC3)cnc21. The maximum Gasteiger partial charge on any atom is 0.234 e. The molecule has 8 nitrogen and oxygen atoms in total. The largest absolute Gasteiger partial charge is 0.378 e. The third kappa shape index (κ3) is 4.53. The second-order valence-electron chi connectivity index (χ2n) is 6.35. The number of carbonyl (C=O) groups is 2. The summed E-state index contributed by atoms with van der Waals surface area (Å²) in [5, 5.41) is 8.02. The Bertz CT molecular complexity index is 786. The van der Waals surface area contributed by atoms with Crippen molar-refractivity contribution < 1.29 is 14.3 Å². The van der Waals surface area contributed by atoms with E-state index >= 15 is 0 Å². The van der Waals surface area contributed by atoms with Gasteiger partial charge in [0.15, 0.2) is 5.65 Å². The average molecular weight is 377 g/mol. The van der Waals surface area contributed by atoms with Gasteiger partial charge >= 0.3 is 0 Å². The van der Waals surface area contributed by atoms with Crippen LogP contribution in [0.4, 0.5) is 5.69 Å². The summed E-state index contributed by atoms with van der Waals surface area (Å²) in [5.74, 6) is 0.420. The summed E-state index contributed by atoms with van der Waals surface area (Å²) in [7, 11) is 0. The molecule has 2 aromatic rings. The molecule has 0 unspecified atom stereocenters. The van der Waals surface area contributed by atoms with Crippen LogP contribution in [0.1, 0.15) is 19.9 Å². The molecule has 0 radical (unpaired) electrons. The fourth-order valence-corrected chi connectivity index (χ4v) is 3.44. The van der Waals surface area contributed by atoms with Gasteiger partial charge in [-0.15, -0.1) is 11.8 Å². The lowest BCUT2D eigenvalue weighted by Gasteiger charge is -2.26. The zero-order valence-corrected chi connectivity index (χ0v) is 15.8. The molecule has 0 bridgehead atoms. The van der Waals surface area contributed by atoms with Crippen molar-refractivity contribution in [2.45, 2.75) is 19.9 Å². The van der Waals surface area contributed by atoms with Crippen LogP contribution in [-0.4, -0.2) is 69.3 Å². The molecule has 1 saturated heterocycles. The minimum absolute atomic E-state index is 0.0512. The van der Waals surface area contributed by atoms with Crippen molar-refractivity contribution in [1.82, 2.24) is 19.7 Å². The molecule has 0 aliphatic carbocycles. The Kier molecular flexibility index (Phi) is 6.10. The molecule has 1 N–H and O–H groups in total. The molecule has 3 heterocycles. The number of fused-ring (bicyclic) bond motifs is 1. The number of hydrogen-bond acceptors (Lipinski definition) is 6. The number of nitrogens with one attached hydrogen (secondary N) is 1. The summed E-state index contributed by atoms with van der Waals surface area (Å²) >= 11 is 1.31. The zero-order chi connectivity index (χ0) is 18.5. The standard InChI is InChI=1S/C17H23N5O3S/c1-12(2)22-17-13(8-19-22)7-14(9-18-17)20-15(23)10-26-11-16(24)21-3-5-25-6-4-21/h7-9,12H,3-6,10-11H2,1-2H3,(H,20,23). The van der Waals surface area contributed by atoms with Crippen molar-refractivity contribution in [3.63, 3.8) is 0 Å². The Morgan fingerprint density at radius 2 is 2.04 bits per heavy atom. The van der Waals surface area contributed by atoms with Crippen LogP contribution in [0.25, 0.3) is 11.0 Å². The van der Waals surface area contributed by atoms with E-state index in [-0.39, 0.29) is 23.6 Å². The van der Waals surface area contributed by atoms with Gasteiger partial charge in [-0.25, -0.2) is 9.67 Å². The molecular weight excluding hydrogens is 354 g/mol. The van der Waals surface area contributed by atoms with E-state index in [4.69, 9.17) is 4.74 Å². The topological polar surface area (TPSA) is 89.4 Å². The summed E-state index contributed by atoms with van der Waals surface area (Å²) in [6, 6.07) is 2.08. The first kappa shape index (κ1) is 18.7. The first-order valence-electron chi connectivity index (χ1n) is 8.61. The van der Waals surface area contributed by atoms with Gasteiger partial charge in [-0.05, 0) is 19.9 Å². The molecule has 1 aliphatic heterocycles. The minimum Gasteiger partial charge on any atom is -0.378 e. The van der Waals surface area contributed by atoms with E-state index in [2.05, 4.69) is 15.4 Å². The Morgan fingerprint density at radius 3 is 2.77 bits per heavy atom. The molecule has 0 saturated carbocycles. The molecule has 1 aliphatic rings. The maximum absolute atomic E-state index is 12.1. The van der Waals surface area contributed by atoms with Crippen LogP contribution in [0, 0.1) is 0 Å². The van der Waals surface area contributed by atoms with Crippen molar-refractivity contribution in [3.8, 4) is 0 Å². The van der Waals surface area contributed by atoms with Crippen molar-refractivity contribution in [2.24, 2.45) is 0 Å². The van der Waals surface area contributed by atoms with Gasteiger partial charge in [0, 0.05) is 24.5 Å². The summed E-state index contributed by atoms with van der Waals surface area (Å²) < 4.78 is 7.07. The Labute approximate surface area is 156 Å². The number of pyridine rings is 1. The van der Waals surface area contributed by atoms with Crippen LogP contribution in [0.15, 0.2) is 18.5 Å². The third-order valence-corrected chi connectivity index (χ3v) is 4.95. The molecule has 2 aromatic heterocycles. The number of amides is 2. The summed E-state index contributed by atoms with van der Waals surface area (Å²) in [4.78, 5) is 30.3. The van der Waals surface area contributed by atoms with E-state index in [1.165, 1.54) is 11.8 Å². The first-order chi connectivity index (χ1) is 12.5. The lowest BCUT2D eigenvalue weighted by atomic mass is 10.3. The zero-order valence-electron chi connectivity index (χ0n) is 15.0. The molecular formula is C17H23N5O3S. The van der Waals surface area contributed by atoms with Gasteiger partial charge in [0.1, 0.15) is 0 Å². The molecule has 1 fully saturated rings. The van der Waals surface area contributed by atoms with Gasteiger partial charge in [0.2, 0.25) is 11.8 Å². The Morgan fingerprint density at radius 1 is 1.27 bits per heavy atom. The van der Waals surface area contributed by atoms with Gasteiger partial charge < -0.3 is 15.0 Å². The Balaban J connectivity index is 1.48. The minimum atomic E-state index is -0.151. The summed E-state index contributed by atoms with van der Waals surface area (Å²) in [6.45, 7) is 6.50. The lowest BCUT2D eigenvalue weighted by molar-refractivity contribution is -0.132. The second kappa shape index (κ2) is 8.50. The smallest absolute Gasteiger partial charge is 0.234 e. The number of aromatic nitrogens is 3. The van der Waals surface area contributed by atoms with Crippen LogP contribution in [-0.2, 0) is 14.3 Å². The highest BCUT2D eigenvalue weighted by Crippen LogP contribution is 2.19. The monoisotopic (exact) mass is 377 g/mol. The van der Waals surface area contributed by atoms with E-state index in [1.807, 2.05) is 24.6 Å². The van der Waals surface area contributed by atoms with Crippen LogP contribution in [0.3, 0.4) is 0 Å². The van der Waals surface area contributed by atoms with Crippen molar-refractivity contribution in [1.29, 1.82) is 0 Å². The number of anilines is 1. The highest BCUT2D eigenvalue weighted by molar-refractivity contribution is 8.00. The number of thioether (sulfide) groups is 1. The van der Waals surface area contributed by atoms with Gasteiger partial charge in [0.25, 0.3) is 0 Å². The van der Waals surface area contributed by atoms with E-state index in [0.29, 0.717) is 37.7 Å². The predicted molar refractivity (Wildman–Crippen MR) is 101 cm³/mol. The number of hydrogen-bond donors (Lipinski definition) is 1. The van der Waals surface area contributed by atoms with Crippen LogP contribution in [0.2, 0.25) is 0 Å². The maximum atomic E-state index is 12.1. The second-order valence-corrected chi connectivity index (χ2v) is 7.34. The highest BCUT2D eigenvalue weighted by Gasteiger charge is 2.17. The van der Waals surface area contributed by atoms with Gasteiger partial charge in [0.05, 0.1) is 42.8 Å². The van der Waals surface area contributed by atoms with Gasteiger partial charge in [-0.2, -0.15) is 5.10 Å². The van der Waals surface area contributed by atoms with Crippen molar-refractivity contribution >= 4 is 40.3 Å². The van der Waals surface area contributed by atoms with Crippen molar-refractivity contribution in [3.05, 3.63) is 18.5 Å². The van der Waals surface area contributed by atoms with E-state index in [0.717, 1.165) is 11.0 Å². The lowest BCUT2D eigenvalue weighted by Crippen LogP contribution is -2.41. The van der Waals surface area contributed by atoms with E-state index in [9.17, 15) is 9.59 Å².